The average Bonchev–Trinajstić information content (AvgIpc) is 2.18. The van der Waals surface area contributed by atoms with Crippen molar-refractivity contribution in [1.29, 1.82) is 0 Å². The molecule has 0 saturated heterocycles. The molecule has 15 heavy (non-hydrogen) atoms. The highest BCUT2D eigenvalue weighted by atomic mass is 79.9. The first-order valence-corrected chi connectivity index (χ1v) is 7.03. The molecule has 2 atom stereocenters. The van der Waals surface area contributed by atoms with E-state index in [1.54, 1.807) is 6.26 Å². The highest BCUT2D eigenvalue weighted by Crippen LogP contribution is 2.23. The quantitative estimate of drug-likeness (QED) is 0.836. The maximum atomic E-state index is 11.1. The van der Waals surface area contributed by atoms with Gasteiger partial charge in [0.1, 0.15) is 0 Å². The Bertz CT molecular complexity index is 370. The van der Waals surface area contributed by atoms with Crippen LogP contribution in [-0.2, 0) is 10.8 Å². The number of hydrogen-bond acceptors (Lipinski definition) is 3. The summed E-state index contributed by atoms with van der Waals surface area (Å²) in [5, 5.41) is 3.30. The number of benzene rings is 1. The van der Waals surface area contributed by atoms with E-state index in [1.807, 2.05) is 25.1 Å². The maximum absolute atomic E-state index is 11.1. The topological polar surface area (TPSA) is 55.1 Å². The third kappa shape index (κ3) is 3.83. The first-order chi connectivity index (χ1) is 7.00. The molecule has 0 aliphatic heterocycles. The summed E-state index contributed by atoms with van der Waals surface area (Å²) in [6.07, 6.45) is 1.70. The Morgan fingerprint density at radius 2 is 2.27 bits per heavy atom. The molecule has 0 aliphatic rings. The molecule has 0 spiro atoms. The van der Waals surface area contributed by atoms with E-state index in [-0.39, 0.29) is 5.25 Å². The molecule has 5 heteroatoms. The van der Waals surface area contributed by atoms with Crippen molar-refractivity contribution in [2.45, 2.75) is 12.2 Å². The summed E-state index contributed by atoms with van der Waals surface area (Å²) in [5.41, 5.74) is 7.37. The third-order valence-electron chi connectivity index (χ3n) is 2.16. The lowest BCUT2D eigenvalue weighted by Gasteiger charge is -2.13. The van der Waals surface area contributed by atoms with Gasteiger partial charge in [0.2, 0.25) is 0 Å². The van der Waals surface area contributed by atoms with Crippen LogP contribution in [0, 0.1) is 0 Å². The fourth-order valence-electron chi connectivity index (χ4n) is 1.05. The van der Waals surface area contributed by atoms with Gasteiger partial charge < -0.3 is 11.1 Å². The first-order valence-electron chi connectivity index (χ1n) is 4.62. The van der Waals surface area contributed by atoms with Crippen LogP contribution in [0.25, 0.3) is 0 Å². The van der Waals surface area contributed by atoms with E-state index < -0.39 is 10.8 Å². The van der Waals surface area contributed by atoms with Gasteiger partial charge in [-0.15, -0.1) is 0 Å². The number of hydrogen-bond donors (Lipinski definition) is 2. The molecule has 0 aromatic heterocycles. The molecule has 0 saturated carbocycles. The third-order valence-corrected chi connectivity index (χ3v) is 3.96. The zero-order valence-corrected chi connectivity index (χ0v) is 11.2. The molecule has 3 N–H and O–H groups in total. The van der Waals surface area contributed by atoms with Crippen LogP contribution in [0.5, 0.6) is 0 Å². The molecule has 0 fully saturated rings. The highest BCUT2D eigenvalue weighted by molar-refractivity contribution is 9.10. The van der Waals surface area contributed by atoms with Gasteiger partial charge >= 0.3 is 0 Å². The molecule has 84 valence electrons. The summed E-state index contributed by atoms with van der Waals surface area (Å²) in [6, 6.07) is 5.64. The Morgan fingerprint density at radius 3 is 2.87 bits per heavy atom. The molecular formula is C10H15BrN2OS. The molecule has 1 aromatic rings. The molecular weight excluding hydrogens is 276 g/mol. The monoisotopic (exact) mass is 290 g/mol. The van der Waals surface area contributed by atoms with Gasteiger partial charge in [0, 0.05) is 33.3 Å². The summed E-state index contributed by atoms with van der Waals surface area (Å²) in [4.78, 5) is 0. The van der Waals surface area contributed by atoms with Gasteiger partial charge in [-0.3, -0.25) is 4.21 Å². The lowest BCUT2D eigenvalue weighted by molar-refractivity contribution is 0.679. The van der Waals surface area contributed by atoms with Gasteiger partial charge in [-0.05, 0) is 25.1 Å². The molecule has 0 amide bonds. The Hall–Kier alpha value is -0.550. The second-order valence-electron chi connectivity index (χ2n) is 3.42. The van der Waals surface area contributed by atoms with Gasteiger partial charge in [0.15, 0.2) is 0 Å². The largest absolute Gasteiger partial charge is 0.397 e. The zero-order chi connectivity index (χ0) is 11.4. The minimum absolute atomic E-state index is 0.114. The minimum atomic E-state index is -0.811. The fourth-order valence-corrected chi connectivity index (χ4v) is 1.73. The van der Waals surface area contributed by atoms with Crippen molar-refractivity contribution < 1.29 is 4.21 Å². The molecule has 0 radical (unpaired) electrons. The first kappa shape index (κ1) is 12.5. The van der Waals surface area contributed by atoms with E-state index in [0.717, 1.165) is 10.2 Å². The van der Waals surface area contributed by atoms with E-state index in [9.17, 15) is 4.21 Å². The van der Waals surface area contributed by atoms with Crippen molar-refractivity contribution in [3.63, 3.8) is 0 Å². The lowest BCUT2D eigenvalue weighted by Crippen LogP contribution is -2.21. The maximum Gasteiger partial charge on any atom is 0.0585 e. The Balaban J connectivity index is 2.65. The molecule has 0 bridgehead atoms. The second-order valence-corrected chi connectivity index (χ2v) is 6.14. The predicted molar refractivity (Wildman–Crippen MR) is 70.6 cm³/mol. The van der Waals surface area contributed by atoms with Crippen LogP contribution >= 0.6 is 15.9 Å². The Labute approximate surface area is 101 Å². The lowest BCUT2D eigenvalue weighted by atomic mass is 10.2. The van der Waals surface area contributed by atoms with Gasteiger partial charge in [0.05, 0.1) is 11.4 Å². The zero-order valence-electron chi connectivity index (χ0n) is 8.79. The molecule has 1 aromatic carbocycles. The summed E-state index contributed by atoms with van der Waals surface area (Å²) in [5.74, 6) is 0. The fraction of sp³-hybridized carbons (Fsp3) is 0.400. The standard InChI is InChI=1S/C10H15BrN2OS/c1-7(15(2)14)6-13-10-5-8(11)3-4-9(10)12/h3-5,7,13H,6,12H2,1-2H3. The van der Waals surface area contributed by atoms with Gasteiger partial charge in [-0.1, -0.05) is 15.9 Å². The van der Waals surface area contributed by atoms with Crippen LogP contribution in [0.2, 0.25) is 0 Å². The molecule has 0 heterocycles. The number of nitrogens with two attached hydrogens (primary N) is 1. The van der Waals surface area contributed by atoms with E-state index >= 15 is 0 Å². The number of anilines is 2. The Morgan fingerprint density at radius 1 is 1.60 bits per heavy atom. The summed E-state index contributed by atoms with van der Waals surface area (Å²) >= 11 is 3.38. The molecule has 3 nitrogen and oxygen atoms in total. The van der Waals surface area contributed by atoms with Crippen LogP contribution in [0.3, 0.4) is 0 Å². The van der Waals surface area contributed by atoms with Gasteiger partial charge in [0.25, 0.3) is 0 Å². The number of nitrogens with one attached hydrogen (secondary N) is 1. The number of rotatable bonds is 4. The van der Waals surface area contributed by atoms with Crippen molar-refractivity contribution in [2.75, 3.05) is 23.9 Å². The van der Waals surface area contributed by atoms with Crippen LogP contribution in [0.15, 0.2) is 22.7 Å². The van der Waals surface area contributed by atoms with Crippen LogP contribution in [0.4, 0.5) is 11.4 Å². The summed E-state index contributed by atoms with van der Waals surface area (Å²) < 4.78 is 12.1. The van der Waals surface area contributed by atoms with Crippen molar-refractivity contribution >= 4 is 38.1 Å². The summed E-state index contributed by atoms with van der Waals surface area (Å²) in [6.45, 7) is 2.60. The van der Waals surface area contributed by atoms with Crippen molar-refractivity contribution in [2.24, 2.45) is 0 Å². The normalized spacial score (nSPS) is 14.6. The minimum Gasteiger partial charge on any atom is -0.397 e. The van der Waals surface area contributed by atoms with Crippen LogP contribution < -0.4 is 11.1 Å². The van der Waals surface area contributed by atoms with E-state index in [4.69, 9.17) is 5.73 Å². The van der Waals surface area contributed by atoms with Crippen LogP contribution in [0.1, 0.15) is 6.92 Å². The molecule has 2 unspecified atom stereocenters. The van der Waals surface area contributed by atoms with Gasteiger partial charge in [-0.2, -0.15) is 0 Å². The smallest absolute Gasteiger partial charge is 0.0585 e. The van der Waals surface area contributed by atoms with Crippen molar-refractivity contribution in [1.82, 2.24) is 0 Å². The average molecular weight is 291 g/mol. The molecule has 1 rings (SSSR count). The van der Waals surface area contributed by atoms with Crippen LogP contribution in [-0.4, -0.2) is 22.3 Å². The van der Waals surface area contributed by atoms with E-state index in [1.165, 1.54) is 0 Å². The van der Waals surface area contributed by atoms with E-state index in [2.05, 4.69) is 21.2 Å². The number of halogens is 1. The summed E-state index contributed by atoms with van der Waals surface area (Å²) in [7, 11) is -0.811. The van der Waals surface area contributed by atoms with E-state index in [0.29, 0.717) is 12.2 Å². The number of nitrogen functional groups attached to an aromatic ring is 1. The van der Waals surface area contributed by atoms with Crippen molar-refractivity contribution in [3.8, 4) is 0 Å². The molecule has 0 aliphatic carbocycles. The SMILES string of the molecule is CC(CNc1cc(Br)ccc1N)S(C)=O. The van der Waals surface area contributed by atoms with Gasteiger partial charge in [-0.25, -0.2) is 0 Å². The highest BCUT2D eigenvalue weighted by Gasteiger charge is 2.06. The van der Waals surface area contributed by atoms with Crippen molar-refractivity contribution in [3.05, 3.63) is 22.7 Å². The Kier molecular flexibility index (Phi) is 4.60. The second kappa shape index (κ2) is 5.51. The predicted octanol–water partition coefficient (Wildman–Crippen LogP) is 2.21.